The van der Waals surface area contributed by atoms with Crippen molar-refractivity contribution in [1.29, 1.82) is 0 Å². The fourth-order valence-electron chi connectivity index (χ4n) is 1.76. The molecule has 0 heterocycles. The summed E-state index contributed by atoms with van der Waals surface area (Å²) in [5.41, 5.74) is 0. The maximum Gasteiger partial charge on any atom is 3.00 e. The topological polar surface area (TPSA) is 17.1 Å². The fourth-order valence-corrected chi connectivity index (χ4v) is 1.76. The van der Waals surface area contributed by atoms with Crippen molar-refractivity contribution >= 4 is 5.78 Å². The molecule has 1 aliphatic rings. The smallest absolute Gasteiger partial charge is 0.335 e. The average Bonchev–Trinajstić information content (AvgIpc) is 2.03. The number of carbonyl (C=O) groups excluding carboxylic acids is 1. The van der Waals surface area contributed by atoms with Crippen molar-refractivity contribution in [1.82, 2.24) is 0 Å². The van der Waals surface area contributed by atoms with Gasteiger partial charge in [-0.3, -0.25) is 0 Å². The summed E-state index contributed by atoms with van der Waals surface area (Å²) in [6.45, 7) is 1.64. The van der Waals surface area contributed by atoms with E-state index in [0.29, 0.717) is 0 Å². The van der Waals surface area contributed by atoms with Gasteiger partial charge in [-0.15, -0.1) is 0 Å². The van der Waals surface area contributed by atoms with Crippen molar-refractivity contribution in [2.24, 2.45) is 5.92 Å². The molecule has 64 valence electrons. The van der Waals surface area contributed by atoms with E-state index in [-0.39, 0.29) is 38.5 Å². The molecule has 0 aromatic carbocycles. The Morgan fingerprint density at radius 3 is 2.42 bits per heavy atom. The second-order valence-corrected chi connectivity index (χ2v) is 3.55. The van der Waals surface area contributed by atoms with Crippen LogP contribution in [-0.2, 0) is 37.5 Å². The number of rotatable bonds is 3. The molecule has 1 fully saturated rings. The van der Waals surface area contributed by atoms with Gasteiger partial charge in [0.2, 0.25) is 0 Å². The summed E-state index contributed by atoms with van der Waals surface area (Å²) >= 11 is 0. The van der Waals surface area contributed by atoms with Gasteiger partial charge in [0, 0.05) is 0 Å². The molecule has 1 rings (SSSR count). The van der Waals surface area contributed by atoms with E-state index in [1.807, 2.05) is 6.42 Å². The first-order chi connectivity index (χ1) is 5.29. The number of ketones is 1. The third kappa shape index (κ3) is 5.32. The normalized spacial score (nSPS) is 18.1. The van der Waals surface area contributed by atoms with Crippen molar-refractivity contribution in [3.8, 4) is 0 Å². The van der Waals surface area contributed by atoms with Crippen LogP contribution in [0.4, 0.5) is 0 Å². The summed E-state index contributed by atoms with van der Waals surface area (Å²) in [5.74, 6) is 1.04. The zero-order valence-electron chi connectivity index (χ0n) is 7.88. The Morgan fingerprint density at radius 2 is 1.92 bits per heavy atom. The largest absolute Gasteiger partial charge is 3.00 e. The predicted molar refractivity (Wildman–Crippen MR) is 46.2 cm³/mol. The standard InChI is InChI=1S/C10H17O.Y/c1-9(11)7-8-10-5-3-2-4-6-10;/h7,10H,2-6,8H2,1H3;/q-1;+3. The molecule has 0 unspecified atom stereocenters. The van der Waals surface area contributed by atoms with Gasteiger partial charge >= 0.3 is 32.7 Å². The van der Waals surface area contributed by atoms with E-state index in [9.17, 15) is 4.79 Å². The van der Waals surface area contributed by atoms with Crippen LogP contribution in [0.25, 0.3) is 0 Å². The first-order valence-electron chi connectivity index (χ1n) is 4.63. The average molecular weight is 242 g/mol. The van der Waals surface area contributed by atoms with Gasteiger partial charge in [-0.2, -0.15) is 6.42 Å². The van der Waals surface area contributed by atoms with Crippen LogP contribution in [0.15, 0.2) is 0 Å². The Kier molecular flexibility index (Phi) is 7.47. The molecule has 0 amide bonds. The molecule has 0 N–H and O–H groups in total. The van der Waals surface area contributed by atoms with E-state index in [1.165, 1.54) is 32.1 Å². The van der Waals surface area contributed by atoms with Crippen LogP contribution in [0.2, 0.25) is 0 Å². The Balaban J connectivity index is 0.00000121. The van der Waals surface area contributed by atoms with Crippen LogP contribution >= 0.6 is 0 Å². The summed E-state index contributed by atoms with van der Waals surface area (Å²) in [7, 11) is 0. The van der Waals surface area contributed by atoms with Gasteiger partial charge in [-0.25, -0.2) is 0 Å². The SMILES string of the molecule is CC(=O)[CH-]CC1CCCCC1.[Y+3]. The molecule has 0 aliphatic heterocycles. The molecule has 0 aromatic rings. The van der Waals surface area contributed by atoms with E-state index >= 15 is 0 Å². The maximum atomic E-state index is 10.6. The molecule has 1 aliphatic carbocycles. The van der Waals surface area contributed by atoms with Gasteiger partial charge in [-0.05, 0) is 12.7 Å². The Bertz CT molecular complexity index is 128. The number of carbonyl (C=O) groups is 1. The van der Waals surface area contributed by atoms with Gasteiger partial charge < -0.3 is 11.2 Å². The maximum absolute atomic E-state index is 10.6. The molecule has 1 nitrogen and oxygen atoms in total. The zero-order valence-corrected chi connectivity index (χ0v) is 10.7. The second-order valence-electron chi connectivity index (χ2n) is 3.55. The Morgan fingerprint density at radius 1 is 1.33 bits per heavy atom. The van der Waals surface area contributed by atoms with E-state index in [1.54, 1.807) is 6.92 Å². The summed E-state index contributed by atoms with van der Waals surface area (Å²) in [5, 5.41) is 0. The van der Waals surface area contributed by atoms with Crippen LogP contribution in [0, 0.1) is 12.3 Å². The van der Waals surface area contributed by atoms with E-state index in [0.717, 1.165) is 12.3 Å². The van der Waals surface area contributed by atoms with E-state index < -0.39 is 0 Å². The number of hydrogen-bond donors (Lipinski definition) is 0. The first-order valence-corrected chi connectivity index (χ1v) is 4.63. The van der Waals surface area contributed by atoms with Crippen molar-refractivity contribution in [2.75, 3.05) is 0 Å². The van der Waals surface area contributed by atoms with Crippen LogP contribution in [0.5, 0.6) is 0 Å². The van der Waals surface area contributed by atoms with Crippen molar-refractivity contribution < 1.29 is 37.5 Å². The molecule has 1 saturated carbocycles. The third-order valence-corrected chi connectivity index (χ3v) is 2.46. The van der Waals surface area contributed by atoms with Gasteiger partial charge in [-0.1, -0.05) is 38.0 Å². The zero-order chi connectivity index (χ0) is 8.10. The van der Waals surface area contributed by atoms with E-state index in [4.69, 9.17) is 0 Å². The summed E-state index contributed by atoms with van der Waals surface area (Å²) in [6.07, 6.45) is 9.68. The molecule has 0 saturated heterocycles. The molecule has 0 aromatic heterocycles. The quantitative estimate of drug-likeness (QED) is 0.695. The minimum Gasteiger partial charge on any atom is -0.335 e. The second kappa shape index (κ2) is 7.09. The summed E-state index contributed by atoms with van der Waals surface area (Å²) < 4.78 is 0. The van der Waals surface area contributed by atoms with Crippen LogP contribution in [0.1, 0.15) is 45.4 Å². The van der Waals surface area contributed by atoms with Gasteiger partial charge in [0.05, 0.1) is 0 Å². The van der Waals surface area contributed by atoms with Gasteiger partial charge in [0.1, 0.15) is 0 Å². The molecular formula is C10H17OY+2. The van der Waals surface area contributed by atoms with Gasteiger partial charge in [0.15, 0.2) is 0 Å². The minimum absolute atomic E-state index is 0. The summed E-state index contributed by atoms with van der Waals surface area (Å²) in [4.78, 5) is 10.6. The Labute approximate surface area is 101 Å². The molecule has 0 spiro atoms. The number of Topliss-reactive ketones (excluding diaryl/α,β-unsaturated/α-hetero) is 1. The third-order valence-electron chi connectivity index (χ3n) is 2.46. The van der Waals surface area contributed by atoms with Crippen LogP contribution in [0.3, 0.4) is 0 Å². The Hall–Kier alpha value is 0.644. The molecule has 0 bridgehead atoms. The number of hydrogen-bond acceptors (Lipinski definition) is 1. The molecule has 0 atom stereocenters. The molecule has 12 heavy (non-hydrogen) atoms. The van der Waals surface area contributed by atoms with Crippen molar-refractivity contribution in [2.45, 2.75) is 45.4 Å². The minimum atomic E-state index is 0. The van der Waals surface area contributed by atoms with E-state index in [2.05, 4.69) is 0 Å². The van der Waals surface area contributed by atoms with Crippen LogP contribution in [-0.4, -0.2) is 5.78 Å². The van der Waals surface area contributed by atoms with Gasteiger partial charge in [0.25, 0.3) is 0 Å². The summed E-state index contributed by atoms with van der Waals surface area (Å²) in [6, 6.07) is 0. The monoisotopic (exact) mass is 242 g/mol. The molecule has 0 radical (unpaired) electrons. The van der Waals surface area contributed by atoms with Crippen molar-refractivity contribution in [3.05, 3.63) is 6.42 Å². The van der Waals surface area contributed by atoms with Crippen LogP contribution < -0.4 is 0 Å². The predicted octanol–water partition coefficient (Wildman–Crippen LogP) is 2.75. The van der Waals surface area contributed by atoms with Crippen molar-refractivity contribution in [3.63, 3.8) is 0 Å². The molecule has 2 heteroatoms. The molecular weight excluding hydrogens is 225 g/mol. The first kappa shape index (κ1) is 12.6. The fraction of sp³-hybridized carbons (Fsp3) is 0.800.